The molecule has 1 fully saturated rings. The number of nitrogens with two attached hydrogens (primary N) is 1. The number of amides is 1. The molecular weight excluding hydrogens is 363 g/mol. The molecule has 9 heteroatoms. The van der Waals surface area contributed by atoms with Crippen molar-refractivity contribution in [2.24, 2.45) is 5.73 Å². The van der Waals surface area contributed by atoms with E-state index in [1.54, 1.807) is 13.8 Å². The highest BCUT2D eigenvalue weighted by atomic mass is 32.2. The largest absolute Gasteiger partial charge is 0.489 e. The lowest BCUT2D eigenvalue weighted by Gasteiger charge is -2.41. The quantitative estimate of drug-likeness (QED) is 0.757. The average molecular weight is 386 g/mol. The number of benzene rings is 1. The van der Waals surface area contributed by atoms with Gasteiger partial charge in [0, 0.05) is 12.1 Å². The van der Waals surface area contributed by atoms with Gasteiger partial charge < -0.3 is 20.1 Å². The minimum atomic E-state index is -3.72. The molecule has 2 N–H and O–H groups in total. The van der Waals surface area contributed by atoms with Crippen LogP contribution in [-0.2, 0) is 19.4 Å². The van der Waals surface area contributed by atoms with Crippen LogP contribution in [0.2, 0.25) is 0 Å². The summed E-state index contributed by atoms with van der Waals surface area (Å²) in [5.74, 6) is -0.402. The molecular formula is C17H23FN2O5S. The highest BCUT2D eigenvalue weighted by Gasteiger charge is 2.38. The fourth-order valence-corrected chi connectivity index (χ4v) is 3.96. The molecule has 1 aliphatic rings. The number of halogens is 1. The Morgan fingerprint density at radius 3 is 2.58 bits per heavy atom. The monoisotopic (exact) mass is 386 g/mol. The molecule has 1 amide bonds. The molecule has 1 heterocycles. The maximum atomic E-state index is 12.7. The third-order valence-electron chi connectivity index (χ3n) is 4.04. The van der Waals surface area contributed by atoms with Crippen LogP contribution in [0.25, 0.3) is 0 Å². The summed E-state index contributed by atoms with van der Waals surface area (Å²) in [7, 11) is -3.72. The van der Waals surface area contributed by atoms with Crippen LogP contribution in [0.3, 0.4) is 0 Å². The summed E-state index contributed by atoms with van der Waals surface area (Å²) in [5, 5.41) is 0. The maximum Gasteiger partial charge on any atom is 0.249 e. The van der Waals surface area contributed by atoms with Crippen molar-refractivity contribution in [2.75, 3.05) is 32.2 Å². The first-order valence-corrected chi connectivity index (χ1v) is 9.67. The van der Waals surface area contributed by atoms with E-state index in [-0.39, 0.29) is 42.7 Å². The summed E-state index contributed by atoms with van der Waals surface area (Å²) in [4.78, 5) is 13.4. The maximum absolute atomic E-state index is 12.7. The molecule has 0 atom stereocenters. The van der Waals surface area contributed by atoms with E-state index in [1.807, 2.05) is 0 Å². The van der Waals surface area contributed by atoms with Crippen LogP contribution in [0.15, 0.2) is 41.1 Å². The van der Waals surface area contributed by atoms with Crippen LogP contribution in [0, 0.1) is 0 Å². The Balaban J connectivity index is 2.10. The number of rotatable bonds is 7. The van der Waals surface area contributed by atoms with E-state index in [4.69, 9.17) is 15.2 Å². The number of nitrogens with zero attached hydrogens (tertiary/aromatic N) is 1. The third kappa shape index (κ3) is 4.80. The van der Waals surface area contributed by atoms with Gasteiger partial charge in [-0.15, -0.1) is 0 Å². The van der Waals surface area contributed by atoms with E-state index in [1.165, 1.54) is 29.2 Å². The van der Waals surface area contributed by atoms with Crippen LogP contribution >= 0.6 is 0 Å². The molecule has 144 valence electrons. The fourth-order valence-electron chi connectivity index (χ4n) is 2.43. The van der Waals surface area contributed by atoms with Gasteiger partial charge in [-0.25, -0.2) is 12.8 Å². The van der Waals surface area contributed by atoms with Gasteiger partial charge in [-0.1, -0.05) is 0 Å². The standard InChI is InChI=1S/C17H23FN2O5S/c1-17(2)11-24-10-16(21)20(17)12-26(22,23)15-5-3-14(4-6-15)25-9-13(7-18)8-19/h3-7H,8-12,19H2,1-2H3/b13-7+. The third-order valence-corrected chi connectivity index (χ3v) is 5.62. The first-order chi connectivity index (χ1) is 12.2. The van der Waals surface area contributed by atoms with E-state index in [0.29, 0.717) is 12.1 Å². The number of ether oxygens (including phenoxy) is 2. The summed E-state index contributed by atoms with van der Waals surface area (Å²) in [6.45, 7) is 3.67. The predicted molar refractivity (Wildman–Crippen MR) is 94.0 cm³/mol. The number of sulfone groups is 1. The van der Waals surface area contributed by atoms with Crippen molar-refractivity contribution in [1.82, 2.24) is 4.90 Å². The smallest absolute Gasteiger partial charge is 0.249 e. The predicted octanol–water partition coefficient (Wildman–Crippen LogP) is 1.25. The number of hydrogen-bond donors (Lipinski definition) is 1. The lowest BCUT2D eigenvalue weighted by Crippen LogP contribution is -2.57. The zero-order chi connectivity index (χ0) is 19.4. The number of carbonyl (C=O) groups excluding carboxylic acids is 1. The van der Waals surface area contributed by atoms with Gasteiger partial charge in [0.05, 0.1) is 23.4 Å². The molecule has 0 bridgehead atoms. The minimum absolute atomic E-state index is 0.0183. The molecule has 2 rings (SSSR count). The second-order valence-corrected chi connectivity index (χ2v) is 8.56. The summed E-state index contributed by atoms with van der Waals surface area (Å²) in [6, 6.07) is 5.74. The van der Waals surface area contributed by atoms with Crippen molar-refractivity contribution in [3.63, 3.8) is 0 Å². The SMILES string of the molecule is CC1(C)COCC(=O)N1CS(=O)(=O)c1ccc(OC/C(=C/F)CN)cc1. The molecule has 1 aromatic carbocycles. The molecule has 1 saturated heterocycles. The second-order valence-electron chi connectivity index (χ2n) is 6.60. The summed E-state index contributed by atoms with van der Waals surface area (Å²) in [5.41, 5.74) is 4.92. The van der Waals surface area contributed by atoms with Crippen molar-refractivity contribution in [3.05, 3.63) is 36.2 Å². The van der Waals surface area contributed by atoms with E-state index < -0.39 is 21.3 Å². The van der Waals surface area contributed by atoms with Crippen LogP contribution in [0.5, 0.6) is 5.75 Å². The molecule has 1 aliphatic heterocycles. The molecule has 1 aromatic rings. The lowest BCUT2D eigenvalue weighted by atomic mass is 10.0. The Morgan fingerprint density at radius 2 is 2.04 bits per heavy atom. The molecule has 0 aliphatic carbocycles. The van der Waals surface area contributed by atoms with Crippen molar-refractivity contribution in [2.45, 2.75) is 24.3 Å². The van der Waals surface area contributed by atoms with Gasteiger partial charge in [0.2, 0.25) is 5.91 Å². The van der Waals surface area contributed by atoms with Crippen molar-refractivity contribution in [1.29, 1.82) is 0 Å². The van der Waals surface area contributed by atoms with Crippen LogP contribution in [-0.4, -0.2) is 57.0 Å². The Bertz CT molecular complexity index is 775. The van der Waals surface area contributed by atoms with Gasteiger partial charge in [0.25, 0.3) is 0 Å². The van der Waals surface area contributed by atoms with E-state index in [9.17, 15) is 17.6 Å². The number of carbonyl (C=O) groups is 1. The van der Waals surface area contributed by atoms with Gasteiger partial charge in [0.1, 0.15) is 24.8 Å². The summed E-state index contributed by atoms with van der Waals surface area (Å²) < 4.78 is 48.3. The molecule has 0 unspecified atom stereocenters. The van der Waals surface area contributed by atoms with E-state index in [0.717, 1.165) is 0 Å². The Labute approximate surface area is 152 Å². The Hall–Kier alpha value is -1.97. The van der Waals surface area contributed by atoms with Crippen LogP contribution < -0.4 is 10.5 Å². The number of morpholine rings is 1. The van der Waals surface area contributed by atoms with Crippen molar-refractivity contribution in [3.8, 4) is 5.75 Å². The van der Waals surface area contributed by atoms with Crippen molar-refractivity contribution < 1.29 is 27.1 Å². The highest BCUT2D eigenvalue weighted by molar-refractivity contribution is 7.91. The van der Waals surface area contributed by atoms with Gasteiger partial charge >= 0.3 is 0 Å². The molecule has 7 nitrogen and oxygen atoms in total. The van der Waals surface area contributed by atoms with Crippen LogP contribution in [0.1, 0.15) is 13.8 Å². The normalized spacial score (nSPS) is 18.1. The van der Waals surface area contributed by atoms with Crippen LogP contribution in [0.4, 0.5) is 4.39 Å². The molecule has 0 saturated carbocycles. The fraction of sp³-hybridized carbons (Fsp3) is 0.471. The topological polar surface area (TPSA) is 98.9 Å². The first kappa shape index (κ1) is 20.3. The lowest BCUT2D eigenvalue weighted by molar-refractivity contribution is -0.153. The minimum Gasteiger partial charge on any atom is -0.489 e. The number of hydrogen-bond acceptors (Lipinski definition) is 6. The molecule has 0 aromatic heterocycles. The van der Waals surface area contributed by atoms with Gasteiger partial charge in [-0.3, -0.25) is 4.79 Å². The zero-order valence-electron chi connectivity index (χ0n) is 14.8. The second kappa shape index (κ2) is 8.15. The average Bonchev–Trinajstić information content (AvgIpc) is 2.59. The first-order valence-electron chi connectivity index (χ1n) is 8.01. The molecule has 0 radical (unpaired) electrons. The zero-order valence-corrected chi connectivity index (χ0v) is 15.6. The summed E-state index contributed by atoms with van der Waals surface area (Å²) in [6.07, 6.45) is 0.389. The van der Waals surface area contributed by atoms with Gasteiger partial charge in [0.15, 0.2) is 9.84 Å². The highest BCUT2D eigenvalue weighted by Crippen LogP contribution is 2.24. The Morgan fingerprint density at radius 1 is 1.38 bits per heavy atom. The van der Waals surface area contributed by atoms with Gasteiger partial charge in [-0.2, -0.15) is 0 Å². The van der Waals surface area contributed by atoms with E-state index in [2.05, 4.69) is 0 Å². The van der Waals surface area contributed by atoms with Gasteiger partial charge in [-0.05, 0) is 38.1 Å². The van der Waals surface area contributed by atoms with E-state index >= 15 is 0 Å². The summed E-state index contributed by atoms with van der Waals surface area (Å²) >= 11 is 0. The van der Waals surface area contributed by atoms with Crippen molar-refractivity contribution >= 4 is 15.7 Å². The molecule has 26 heavy (non-hydrogen) atoms. The molecule has 0 spiro atoms. The Kier molecular flexibility index (Phi) is 6.38.